The van der Waals surface area contributed by atoms with Crippen LogP contribution < -0.4 is 5.43 Å². The SMILES string of the molecule is Cc1cc(=O)cc2c3c1C[C@@H]1[C@H]4OC(=O)[C@@](CC2)([C@H]31)[C@@H](C)[C@H]4O. The van der Waals surface area contributed by atoms with Crippen molar-refractivity contribution in [2.24, 2.45) is 17.3 Å². The lowest BCUT2D eigenvalue weighted by molar-refractivity contribution is -0.236. The van der Waals surface area contributed by atoms with Gasteiger partial charge < -0.3 is 9.84 Å². The monoisotopic (exact) mass is 312 g/mol. The van der Waals surface area contributed by atoms with E-state index in [9.17, 15) is 14.7 Å². The average Bonchev–Trinajstić information content (AvgIpc) is 2.86. The van der Waals surface area contributed by atoms with Gasteiger partial charge in [-0.1, -0.05) is 6.92 Å². The van der Waals surface area contributed by atoms with Gasteiger partial charge in [0.15, 0.2) is 5.43 Å². The fourth-order valence-electron chi connectivity index (χ4n) is 6.03. The summed E-state index contributed by atoms with van der Waals surface area (Å²) in [5.74, 6) is 0.0405. The predicted octanol–water partition coefficient (Wildman–Crippen LogP) is 1.48. The third-order valence-electron chi connectivity index (χ3n) is 7.07. The number of carbonyl (C=O) groups is 1. The fourth-order valence-corrected chi connectivity index (χ4v) is 6.03. The second-order valence-corrected chi connectivity index (χ2v) is 7.83. The Morgan fingerprint density at radius 2 is 2.09 bits per heavy atom. The molecule has 2 saturated heterocycles. The normalized spacial score (nSPS) is 42.4. The van der Waals surface area contributed by atoms with Crippen molar-refractivity contribution in [1.29, 1.82) is 0 Å². The molecule has 23 heavy (non-hydrogen) atoms. The molecule has 120 valence electrons. The molecule has 1 N–H and O–H groups in total. The Balaban J connectivity index is 1.85. The molecule has 0 radical (unpaired) electrons. The molecular formula is C19H20O4. The maximum absolute atomic E-state index is 12.8. The third-order valence-corrected chi connectivity index (χ3v) is 7.07. The van der Waals surface area contributed by atoms with Crippen molar-refractivity contribution in [1.82, 2.24) is 0 Å². The van der Waals surface area contributed by atoms with E-state index in [1.165, 1.54) is 11.1 Å². The number of carbonyl (C=O) groups excluding carboxylic acids is 1. The zero-order chi connectivity index (χ0) is 16.1. The van der Waals surface area contributed by atoms with Crippen molar-refractivity contribution in [2.75, 3.05) is 0 Å². The van der Waals surface area contributed by atoms with E-state index in [2.05, 4.69) is 0 Å². The van der Waals surface area contributed by atoms with E-state index in [4.69, 9.17) is 4.74 Å². The number of hydrogen-bond donors (Lipinski definition) is 1. The van der Waals surface area contributed by atoms with E-state index in [1.807, 2.05) is 13.8 Å². The van der Waals surface area contributed by atoms with E-state index < -0.39 is 17.6 Å². The standard InChI is InChI=1S/C19H20O4/c1-8-5-11(20)6-10-3-4-19-9(2)16(21)17(23-18(19)22)13-7-12(8)14(10)15(13)19/h5-6,9,13,15-17,21H,3-4,7H2,1-2H3/t9-,13-,15-,16+,17+,19+/m0/s1. The van der Waals surface area contributed by atoms with Gasteiger partial charge in [0.2, 0.25) is 0 Å². The number of esters is 1. The number of ether oxygens (including phenoxy) is 1. The van der Waals surface area contributed by atoms with Crippen LogP contribution in [0.25, 0.3) is 0 Å². The number of aliphatic hydroxyl groups is 1. The summed E-state index contributed by atoms with van der Waals surface area (Å²) >= 11 is 0. The van der Waals surface area contributed by atoms with Crippen molar-refractivity contribution in [3.05, 3.63) is 44.6 Å². The lowest BCUT2D eigenvalue weighted by Gasteiger charge is -2.59. The van der Waals surface area contributed by atoms with Crippen LogP contribution in [-0.4, -0.2) is 23.3 Å². The molecule has 0 unspecified atom stereocenters. The molecule has 2 bridgehead atoms. The second-order valence-electron chi connectivity index (χ2n) is 7.83. The Morgan fingerprint density at radius 3 is 2.87 bits per heavy atom. The molecule has 0 amide bonds. The van der Waals surface area contributed by atoms with E-state index in [0.29, 0.717) is 12.8 Å². The molecule has 1 spiro atoms. The van der Waals surface area contributed by atoms with Gasteiger partial charge in [-0.3, -0.25) is 9.59 Å². The lowest BCUT2D eigenvalue weighted by Crippen LogP contribution is -2.67. The summed E-state index contributed by atoms with van der Waals surface area (Å²) in [6.45, 7) is 3.98. The third kappa shape index (κ3) is 1.38. The molecule has 3 fully saturated rings. The van der Waals surface area contributed by atoms with E-state index in [0.717, 1.165) is 17.5 Å². The zero-order valence-corrected chi connectivity index (χ0v) is 13.3. The van der Waals surface area contributed by atoms with Crippen LogP contribution in [0, 0.1) is 24.2 Å². The van der Waals surface area contributed by atoms with Gasteiger partial charge in [0.1, 0.15) is 6.10 Å². The maximum Gasteiger partial charge on any atom is 0.313 e. The first-order chi connectivity index (χ1) is 10.9. The summed E-state index contributed by atoms with van der Waals surface area (Å²) in [6, 6.07) is 3.47. The van der Waals surface area contributed by atoms with Crippen molar-refractivity contribution >= 4 is 5.97 Å². The molecule has 3 aliphatic carbocycles. The summed E-state index contributed by atoms with van der Waals surface area (Å²) in [4.78, 5) is 24.9. The molecule has 6 atom stereocenters. The van der Waals surface area contributed by atoms with Crippen LogP contribution >= 0.6 is 0 Å². The number of rotatable bonds is 0. The summed E-state index contributed by atoms with van der Waals surface area (Å²) in [5, 5.41) is 10.7. The maximum atomic E-state index is 12.8. The van der Waals surface area contributed by atoms with Crippen molar-refractivity contribution in [3.63, 3.8) is 0 Å². The Hall–Kier alpha value is -1.68. The molecule has 1 saturated carbocycles. The van der Waals surface area contributed by atoms with Gasteiger partial charge in [0.25, 0.3) is 0 Å². The predicted molar refractivity (Wildman–Crippen MR) is 83.2 cm³/mol. The molecule has 2 aliphatic heterocycles. The molecule has 4 heteroatoms. The van der Waals surface area contributed by atoms with Gasteiger partial charge in [0, 0.05) is 17.8 Å². The first-order valence-corrected chi connectivity index (χ1v) is 8.51. The average molecular weight is 312 g/mol. The zero-order valence-electron chi connectivity index (χ0n) is 13.3. The molecule has 6 rings (SSSR count). The topological polar surface area (TPSA) is 63.6 Å². The van der Waals surface area contributed by atoms with E-state index in [-0.39, 0.29) is 29.2 Å². The minimum atomic E-state index is -0.610. The van der Waals surface area contributed by atoms with Crippen LogP contribution in [0.1, 0.15) is 41.5 Å². The molecule has 1 aromatic rings. The number of aryl methyl sites for hydroxylation is 2. The van der Waals surface area contributed by atoms with Crippen molar-refractivity contribution in [3.8, 4) is 0 Å². The summed E-state index contributed by atoms with van der Waals surface area (Å²) in [7, 11) is 0. The van der Waals surface area contributed by atoms with Gasteiger partial charge in [0.05, 0.1) is 11.5 Å². The largest absolute Gasteiger partial charge is 0.459 e. The summed E-state index contributed by atoms with van der Waals surface area (Å²) < 4.78 is 5.67. The van der Waals surface area contributed by atoms with Gasteiger partial charge in [-0.2, -0.15) is 0 Å². The van der Waals surface area contributed by atoms with Crippen LogP contribution in [0.15, 0.2) is 16.9 Å². The van der Waals surface area contributed by atoms with Gasteiger partial charge >= 0.3 is 5.97 Å². The van der Waals surface area contributed by atoms with E-state index in [1.54, 1.807) is 12.1 Å². The van der Waals surface area contributed by atoms with Crippen LogP contribution in [0.5, 0.6) is 0 Å². The minimum absolute atomic E-state index is 0.0519. The number of aliphatic hydroxyl groups excluding tert-OH is 1. The Bertz CT molecular complexity index is 814. The fraction of sp³-hybridized carbons (Fsp3) is 0.579. The number of fused-ring (bicyclic) bond motifs is 2. The Labute approximate surface area is 134 Å². The smallest absolute Gasteiger partial charge is 0.313 e. The van der Waals surface area contributed by atoms with E-state index >= 15 is 0 Å². The molecule has 5 aliphatic rings. The van der Waals surface area contributed by atoms with Gasteiger partial charge in [-0.25, -0.2) is 0 Å². The molecule has 4 nitrogen and oxygen atoms in total. The quantitative estimate of drug-likeness (QED) is 0.737. The van der Waals surface area contributed by atoms with Crippen molar-refractivity contribution in [2.45, 2.75) is 51.2 Å². The van der Waals surface area contributed by atoms with Crippen molar-refractivity contribution < 1.29 is 14.6 Å². The number of hydrogen-bond acceptors (Lipinski definition) is 4. The molecule has 0 aromatic heterocycles. The first kappa shape index (κ1) is 13.7. The first-order valence-electron chi connectivity index (χ1n) is 8.51. The second kappa shape index (κ2) is 4.04. The highest BCUT2D eigenvalue weighted by molar-refractivity contribution is 5.83. The highest BCUT2D eigenvalue weighted by atomic mass is 16.6. The molecule has 1 aromatic carbocycles. The van der Waals surface area contributed by atoms with Gasteiger partial charge in [-0.05, 0) is 60.6 Å². The van der Waals surface area contributed by atoms with Crippen LogP contribution in [0.3, 0.4) is 0 Å². The Morgan fingerprint density at radius 1 is 1.30 bits per heavy atom. The highest BCUT2D eigenvalue weighted by Crippen LogP contribution is 2.66. The Kier molecular flexibility index (Phi) is 2.41. The summed E-state index contributed by atoms with van der Waals surface area (Å²) in [6.07, 6.45) is 1.21. The van der Waals surface area contributed by atoms with Crippen LogP contribution in [0.4, 0.5) is 0 Å². The van der Waals surface area contributed by atoms with Gasteiger partial charge in [-0.15, -0.1) is 0 Å². The molecule has 2 heterocycles. The van der Waals surface area contributed by atoms with Crippen LogP contribution in [0.2, 0.25) is 0 Å². The lowest BCUT2D eigenvalue weighted by atomic mass is 9.49. The van der Waals surface area contributed by atoms with Crippen LogP contribution in [-0.2, 0) is 22.4 Å². The highest BCUT2D eigenvalue weighted by Gasteiger charge is 2.70. The minimum Gasteiger partial charge on any atom is -0.459 e. The molecular weight excluding hydrogens is 292 g/mol. The summed E-state index contributed by atoms with van der Waals surface area (Å²) in [5.41, 5.74) is 4.00.